The van der Waals surface area contributed by atoms with Gasteiger partial charge in [0.15, 0.2) is 9.84 Å². The number of aromatic nitrogens is 1. The van der Waals surface area contributed by atoms with Crippen LogP contribution >= 0.6 is 11.8 Å². The molecule has 1 fully saturated rings. The largest absolute Gasteiger partial charge is 0.352 e. The Bertz CT molecular complexity index is 926. The number of carbonyl (C=O) groups is 1. The summed E-state index contributed by atoms with van der Waals surface area (Å²) < 4.78 is 23.1. The van der Waals surface area contributed by atoms with Crippen LogP contribution in [0.1, 0.15) is 27.9 Å². The molecule has 2 aromatic rings. The normalized spacial score (nSPS) is 18.6. The topological polar surface area (TPSA) is 76.1 Å². The molecule has 1 N–H and O–H groups in total. The van der Waals surface area contributed by atoms with Gasteiger partial charge in [-0.1, -0.05) is 29.5 Å². The Balaban J connectivity index is 1.71. The predicted molar refractivity (Wildman–Crippen MR) is 103 cm³/mol. The first-order valence-corrected chi connectivity index (χ1v) is 11.2. The highest BCUT2D eigenvalue weighted by atomic mass is 32.2. The standard InChI is InChI=1S/C19H22N2O3S2/c1-13-5-6-17(14(2)10-13)25-19-16(4-3-8-20-19)18(22)21-11-15-7-9-26(23,24)12-15/h3-6,8,10,15H,7,9,11-12H2,1-2H3,(H,21,22). The SMILES string of the molecule is Cc1ccc(Sc2ncccc2C(=O)NCC2CCS(=O)(=O)C2)c(C)c1. The Morgan fingerprint density at radius 1 is 1.31 bits per heavy atom. The van der Waals surface area contributed by atoms with Crippen molar-refractivity contribution < 1.29 is 13.2 Å². The molecule has 7 heteroatoms. The monoisotopic (exact) mass is 390 g/mol. The number of amides is 1. The Morgan fingerprint density at radius 2 is 2.12 bits per heavy atom. The lowest BCUT2D eigenvalue weighted by Crippen LogP contribution is -2.30. The average molecular weight is 391 g/mol. The number of aryl methyl sites for hydroxylation is 2. The molecule has 1 saturated heterocycles. The fourth-order valence-electron chi connectivity index (χ4n) is 3.03. The number of rotatable bonds is 5. The summed E-state index contributed by atoms with van der Waals surface area (Å²) in [5, 5.41) is 3.52. The van der Waals surface area contributed by atoms with Crippen LogP contribution in [0, 0.1) is 19.8 Å². The molecule has 0 spiro atoms. The molecule has 0 saturated carbocycles. The highest BCUT2D eigenvalue weighted by Gasteiger charge is 2.28. The highest BCUT2D eigenvalue weighted by molar-refractivity contribution is 7.99. The smallest absolute Gasteiger partial charge is 0.254 e. The van der Waals surface area contributed by atoms with Gasteiger partial charge in [0.05, 0.1) is 17.1 Å². The molecular formula is C19H22N2O3S2. The van der Waals surface area contributed by atoms with Crippen LogP contribution in [0.5, 0.6) is 0 Å². The van der Waals surface area contributed by atoms with Crippen molar-refractivity contribution in [3.8, 4) is 0 Å². The third kappa shape index (κ3) is 4.65. The van der Waals surface area contributed by atoms with Crippen molar-refractivity contribution in [3.63, 3.8) is 0 Å². The Morgan fingerprint density at radius 3 is 2.81 bits per heavy atom. The molecular weight excluding hydrogens is 368 g/mol. The minimum Gasteiger partial charge on any atom is -0.352 e. The molecule has 2 heterocycles. The van der Waals surface area contributed by atoms with Crippen molar-refractivity contribution in [1.82, 2.24) is 10.3 Å². The van der Waals surface area contributed by atoms with Gasteiger partial charge in [-0.05, 0) is 49.9 Å². The average Bonchev–Trinajstić information content (AvgIpc) is 2.95. The van der Waals surface area contributed by atoms with E-state index in [1.807, 2.05) is 26.0 Å². The van der Waals surface area contributed by atoms with E-state index in [1.54, 1.807) is 18.3 Å². The first-order chi connectivity index (χ1) is 12.3. The number of hydrogen-bond acceptors (Lipinski definition) is 5. The lowest BCUT2D eigenvalue weighted by Gasteiger charge is -2.12. The minimum absolute atomic E-state index is 0.00364. The second-order valence-corrected chi connectivity index (χ2v) is 9.97. The third-order valence-electron chi connectivity index (χ3n) is 4.43. The summed E-state index contributed by atoms with van der Waals surface area (Å²) in [5.74, 6) is 0.157. The number of sulfone groups is 1. The summed E-state index contributed by atoms with van der Waals surface area (Å²) in [7, 11) is -2.93. The molecule has 3 rings (SSSR count). The molecule has 5 nitrogen and oxygen atoms in total. The first kappa shape index (κ1) is 18.9. The number of carbonyl (C=O) groups excluding carboxylic acids is 1. The van der Waals surface area contributed by atoms with E-state index in [1.165, 1.54) is 17.3 Å². The zero-order valence-electron chi connectivity index (χ0n) is 14.9. The maximum Gasteiger partial charge on any atom is 0.254 e. The van der Waals surface area contributed by atoms with Crippen LogP contribution < -0.4 is 5.32 Å². The van der Waals surface area contributed by atoms with Crippen molar-refractivity contribution in [2.75, 3.05) is 18.1 Å². The molecule has 1 aromatic carbocycles. The Labute approximate surface area is 158 Å². The van der Waals surface area contributed by atoms with Gasteiger partial charge in [-0.15, -0.1) is 0 Å². The Kier molecular flexibility index (Phi) is 5.67. The fourth-order valence-corrected chi connectivity index (χ4v) is 5.84. The quantitative estimate of drug-likeness (QED) is 0.849. The molecule has 138 valence electrons. The van der Waals surface area contributed by atoms with Crippen LogP contribution in [-0.2, 0) is 9.84 Å². The van der Waals surface area contributed by atoms with E-state index in [0.717, 1.165) is 10.5 Å². The highest BCUT2D eigenvalue weighted by Crippen LogP contribution is 2.31. The lowest BCUT2D eigenvalue weighted by molar-refractivity contribution is 0.0944. The van der Waals surface area contributed by atoms with Crippen LogP contribution in [0.4, 0.5) is 0 Å². The van der Waals surface area contributed by atoms with Crippen molar-refractivity contribution in [2.45, 2.75) is 30.2 Å². The maximum absolute atomic E-state index is 12.6. The Hall–Kier alpha value is -1.86. The van der Waals surface area contributed by atoms with Gasteiger partial charge in [0.1, 0.15) is 5.03 Å². The van der Waals surface area contributed by atoms with E-state index >= 15 is 0 Å². The van der Waals surface area contributed by atoms with Crippen LogP contribution in [0.15, 0.2) is 46.5 Å². The third-order valence-corrected chi connectivity index (χ3v) is 7.46. The van der Waals surface area contributed by atoms with Crippen molar-refractivity contribution in [2.24, 2.45) is 5.92 Å². The van der Waals surface area contributed by atoms with Gasteiger partial charge >= 0.3 is 0 Å². The van der Waals surface area contributed by atoms with Crippen LogP contribution in [0.25, 0.3) is 0 Å². The van der Waals surface area contributed by atoms with Crippen molar-refractivity contribution in [1.29, 1.82) is 0 Å². The number of nitrogens with zero attached hydrogens (tertiary/aromatic N) is 1. The van der Waals surface area contributed by atoms with Crippen LogP contribution in [0.2, 0.25) is 0 Å². The van der Waals surface area contributed by atoms with Crippen molar-refractivity contribution in [3.05, 3.63) is 53.2 Å². The minimum atomic E-state index is -2.93. The molecule has 1 aromatic heterocycles. The lowest BCUT2D eigenvalue weighted by atomic mass is 10.1. The molecule has 1 amide bonds. The zero-order chi connectivity index (χ0) is 18.7. The molecule has 26 heavy (non-hydrogen) atoms. The van der Waals surface area contributed by atoms with Crippen LogP contribution in [-0.4, -0.2) is 37.4 Å². The second kappa shape index (κ2) is 7.80. The molecule has 0 bridgehead atoms. The van der Waals surface area contributed by atoms with Gasteiger partial charge in [-0.3, -0.25) is 4.79 Å². The number of pyridine rings is 1. The maximum atomic E-state index is 12.6. The summed E-state index contributed by atoms with van der Waals surface area (Å²) >= 11 is 1.47. The fraction of sp³-hybridized carbons (Fsp3) is 0.368. The number of benzene rings is 1. The molecule has 1 aliphatic rings. The molecule has 0 aliphatic carbocycles. The molecule has 1 unspecified atom stereocenters. The van der Waals surface area contributed by atoms with E-state index in [2.05, 4.69) is 16.4 Å². The van der Waals surface area contributed by atoms with Crippen LogP contribution in [0.3, 0.4) is 0 Å². The van der Waals surface area contributed by atoms with E-state index < -0.39 is 9.84 Å². The van der Waals surface area contributed by atoms with Crippen molar-refractivity contribution >= 4 is 27.5 Å². The first-order valence-electron chi connectivity index (χ1n) is 8.53. The number of nitrogens with one attached hydrogen (secondary N) is 1. The number of hydrogen-bond donors (Lipinski definition) is 1. The summed E-state index contributed by atoms with van der Waals surface area (Å²) in [6, 6.07) is 9.67. The van der Waals surface area contributed by atoms with Gasteiger partial charge in [0.2, 0.25) is 0 Å². The van der Waals surface area contributed by atoms with Gasteiger partial charge in [-0.25, -0.2) is 13.4 Å². The van der Waals surface area contributed by atoms with Gasteiger partial charge in [0.25, 0.3) is 5.91 Å². The summed E-state index contributed by atoms with van der Waals surface area (Å²) in [5.41, 5.74) is 2.85. The molecule has 1 aliphatic heterocycles. The predicted octanol–water partition coefficient (Wildman–Crippen LogP) is 3.01. The molecule has 0 radical (unpaired) electrons. The van der Waals surface area contributed by atoms with Gasteiger partial charge in [-0.2, -0.15) is 0 Å². The van der Waals surface area contributed by atoms with Gasteiger partial charge in [0, 0.05) is 17.6 Å². The summed E-state index contributed by atoms with van der Waals surface area (Å²) in [4.78, 5) is 18.0. The summed E-state index contributed by atoms with van der Waals surface area (Å²) in [6.45, 7) is 4.46. The van der Waals surface area contributed by atoms with E-state index in [9.17, 15) is 13.2 Å². The zero-order valence-corrected chi connectivity index (χ0v) is 16.5. The van der Waals surface area contributed by atoms with E-state index in [-0.39, 0.29) is 23.3 Å². The summed E-state index contributed by atoms with van der Waals surface area (Å²) in [6.07, 6.45) is 2.28. The molecule has 1 atom stereocenters. The second-order valence-electron chi connectivity index (χ2n) is 6.71. The van der Waals surface area contributed by atoms with Gasteiger partial charge < -0.3 is 5.32 Å². The van der Waals surface area contributed by atoms with E-state index in [4.69, 9.17) is 0 Å². The van der Waals surface area contributed by atoms with E-state index in [0.29, 0.717) is 23.6 Å².